The molecule has 2 aromatic carbocycles. The first-order chi connectivity index (χ1) is 14.1. The largest absolute Gasteiger partial charge is 0.435 e. The molecule has 2 aromatic rings. The van der Waals surface area contributed by atoms with Crippen molar-refractivity contribution in [2.45, 2.75) is 44.4 Å². The van der Waals surface area contributed by atoms with Gasteiger partial charge in [-0.25, -0.2) is 0 Å². The lowest BCUT2D eigenvalue weighted by Gasteiger charge is -2.29. The second-order valence-corrected chi connectivity index (χ2v) is 8.27. The van der Waals surface area contributed by atoms with E-state index in [0.717, 1.165) is 0 Å². The predicted molar refractivity (Wildman–Crippen MR) is 112 cm³/mol. The minimum Gasteiger partial charge on any atom is -0.374 e. The molecule has 160 valence electrons. The molecule has 0 bridgehead atoms. The number of aryl methyl sites for hydroxylation is 1. The fourth-order valence-corrected chi connectivity index (χ4v) is 3.98. The summed E-state index contributed by atoms with van der Waals surface area (Å²) in [6, 6.07) is 8.48. The highest BCUT2D eigenvalue weighted by molar-refractivity contribution is 6.34. The summed E-state index contributed by atoms with van der Waals surface area (Å²) in [5, 5.41) is 4.31. The van der Waals surface area contributed by atoms with Gasteiger partial charge >= 0.3 is 6.18 Å². The molecule has 0 N–H and O–H groups in total. The molecule has 1 atom stereocenters. The first-order valence-electron chi connectivity index (χ1n) is 9.14. The topological polar surface area (TPSA) is 38.7 Å². The molecule has 0 fully saturated rings. The summed E-state index contributed by atoms with van der Waals surface area (Å²) in [5.41, 5.74) is -1.71. The summed E-state index contributed by atoms with van der Waals surface area (Å²) in [6.45, 7) is 1.77. The third kappa shape index (κ3) is 4.61. The normalized spacial score (nSPS) is 18.8. The van der Waals surface area contributed by atoms with E-state index in [1.165, 1.54) is 18.2 Å². The first-order valence-corrected chi connectivity index (χ1v) is 10.3. The number of Topliss-reactive ketones (excluding diaryl/α,β-unsaturated/α-hetero) is 1. The van der Waals surface area contributed by atoms with Crippen LogP contribution in [-0.2, 0) is 21.7 Å². The SMILES string of the molecule is CCC(=O)CCc1cc(C2=NOC(c3cc(Cl)cc(Cl)c3)(C(F)(F)F)C2)ccc1Cl. The van der Waals surface area contributed by atoms with Crippen molar-refractivity contribution >= 4 is 46.3 Å². The Hall–Kier alpha value is -1.76. The van der Waals surface area contributed by atoms with Crippen molar-refractivity contribution in [2.24, 2.45) is 5.16 Å². The molecule has 1 unspecified atom stereocenters. The molecule has 1 heterocycles. The van der Waals surface area contributed by atoms with E-state index in [0.29, 0.717) is 35.4 Å². The number of rotatable bonds is 6. The van der Waals surface area contributed by atoms with Crippen LogP contribution in [0.1, 0.15) is 42.9 Å². The smallest absolute Gasteiger partial charge is 0.374 e. The molecule has 0 saturated carbocycles. The number of ketones is 1. The second-order valence-electron chi connectivity index (χ2n) is 6.99. The van der Waals surface area contributed by atoms with E-state index in [9.17, 15) is 18.0 Å². The van der Waals surface area contributed by atoms with Crippen molar-refractivity contribution in [1.82, 2.24) is 0 Å². The standard InChI is InChI=1S/C21H17Cl3F3NO2/c1-2-17(29)5-3-12-7-13(4-6-18(12)24)19-11-20(30-28-19,21(25,26)27)14-8-15(22)10-16(23)9-14/h4,6-10H,2-3,5,11H2,1H3. The van der Waals surface area contributed by atoms with E-state index < -0.39 is 18.2 Å². The van der Waals surface area contributed by atoms with Gasteiger partial charge in [-0.2, -0.15) is 13.2 Å². The molecular formula is C21H17Cl3F3NO2. The Morgan fingerprint density at radius 2 is 1.80 bits per heavy atom. The van der Waals surface area contributed by atoms with Crippen LogP contribution in [0.5, 0.6) is 0 Å². The van der Waals surface area contributed by atoms with Gasteiger partial charge in [-0.05, 0) is 47.9 Å². The van der Waals surface area contributed by atoms with Crippen LogP contribution < -0.4 is 0 Å². The van der Waals surface area contributed by atoms with Gasteiger partial charge in [0.05, 0.1) is 5.71 Å². The highest BCUT2D eigenvalue weighted by Gasteiger charge is 2.62. The molecule has 0 aromatic heterocycles. The fraction of sp³-hybridized carbons (Fsp3) is 0.333. The number of hydrogen-bond acceptors (Lipinski definition) is 3. The number of alkyl halides is 3. The Kier molecular flexibility index (Phi) is 6.70. The van der Waals surface area contributed by atoms with Gasteiger partial charge in [0.25, 0.3) is 5.60 Å². The van der Waals surface area contributed by atoms with Gasteiger partial charge in [-0.15, -0.1) is 0 Å². The number of benzene rings is 2. The van der Waals surface area contributed by atoms with Crippen LogP contribution in [0, 0.1) is 0 Å². The van der Waals surface area contributed by atoms with Crippen molar-refractivity contribution in [1.29, 1.82) is 0 Å². The third-order valence-electron chi connectivity index (χ3n) is 4.96. The van der Waals surface area contributed by atoms with E-state index in [4.69, 9.17) is 39.6 Å². The number of hydrogen-bond donors (Lipinski definition) is 0. The quantitative estimate of drug-likeness (QED) is 0.442. The molecule has 3 nitrogen and oxygen atoms in total. The first kappa shape index (κ1) is 22.9. The Morgan fingerprint density at radius 1 is 1.13 bits per heavy atom. The maximum absolute atomic E-state index is 14.1. The average molecular weight is 479 g/mol. The molecule has 3 rings (SSSR count). The van der Waals surface area contributed by atoms with Crippen molar-refractivity contribution in [3.63, 3.8) is 0 Å². The van der Waals surface area contributed by atoms with Crippen LogP contribution in [0.2, 0.25) is 15.1 Å². The van der Waals surface area contributed by atoms with E-state index in [1.807, 2.05) is 0 Å². The van der Waals surface area contributed by atoms with Gasteiger partial charge in [-0.3, -0.25) is 4.79 Å². The molecule has 0 radical (unpaired) electrons. The summed E-state index contributed by atoms with van der Waals surface area (Å²) in [7, 11) is 0. The zero-order valence-electron chi connectivity index (χ0n) is 15.8. The van der Waals surface area contributed by atoms with E-state index in [-0.39, 0.29) is 27.1 Å². The molecule has 1 aliphatic rings. The summed E-state index contributed by atoms with van der Waals surface area (Å²) >= 11 is 18.0. The van der Waals surface area contributed by atoms with Gasteiger partial charge in [0, 0.05) is 39.9 Å². The molecule has 0 saturated heterocycles. The summed E-state index contributed by atoms with van der Waals surface area (Å²) in [5.74, 6) is 0.0759. The number of carbonyl (C=O) groups excluding carboxylic acids is 1. The monoisotopic (exact) mass is 477 g/mol. The third-order valence-corrected chi connectivity index (χ3v) is 5.77. The van der Waals surface area contributed by atoms with E-state index >= 15 is 0 Å². The Morgan fingerprint density at radius 3 is 2.40 bits per heavy atom. The molecule has 1 aliphatic heterocycles. The van der Waals surface area contributed by atoms with Crippen molar-refractivity contribution in [3.8, 4) is 0 Å². The van der Waals surface area contributed by atoms with Crippen LogP contribution in [-0.4, -0.2) is 17.7 Å². The van der Waals surface area contributed by atoms with Gasteiger partial charge in [0.1, 0.15) is 5.78 Å². The van der Waals surface area contributed by atoms with Crippen molar-refractivity contribution < 1.29 is 22.8 Å². The molecular weight excluding hydrogens is 462 g/mol. The number of oxime groups is 1. The maximum Gasteiger partial charge on any atom is 0.435 e. The highest BCUT2D eigenvalue weighted by atomic mass is 35.5. The van der Waals surface area contributed by atoms with Gasteiger partial charge < -0.3 is 4.84 Å². The molecule has 30 heavy (non-hydrogen) atoms. The van der Waals surface area contributed by atoms with Crippen LogP contribution in [0.25, 0.3) is 0 Å². The van der Waals surface area contributed by atoms with Crippen LogP contribution >= 0.6 is 34.8 Å². The number of halogens is 6. The number of carbonyl (C=O) groups is 1. The maximum atomic E-state index is 14.1. The highest BCUT2D eigenvalue weighted by Crippen LogP contribution is 2.49. The van der Waals surface area contributed by atoms with Crippen molar-refractivity contribution in [3.05, 3.63) is 68.2 Å². The molecule has 0 amide bonds. The zero-order valence-corrected chi connectivity index (χ0v) is 18.1. The molecule has 0 aliphatic carbocycles. The summed E-state index contributed by atoms with van der Waals surface area (Å²) in [6.07, 6.45) is -4.22. The Labute approximate surface area is 186 Å². The Bertz CT molecular complexity index is 987. The molecule has 0 spiro atoms. The van der Waals surface area contributed by atoms with Crippen LogP contribution in [0.3, 0.4) is 0 Å². The minimum absolute atomic E-state index is 0.0625. The fourth-order valence-electron chi connectivity index (χ4n) is 3.24. The minimum atomic E-state index is -4.77. The van der Waals surface area contributed by atoms with E-state index in [1.54, 1.807) is 25.1 Å². The van der Waals surface area contributed by atoms with Gasteiger partial charge in [0.15, 0.2) is 0 Å². The van der Waals surface area contributed by atoms with Crippen molar-refractivity contribution in [2.75, 3.05) is 0 Å². The summed E-state index contributed by atoms with van der Waals surface area (Å²) < 4.78 is 42.3. The number of nitrogens with zero attached hydrogens (tertiary/aromatic N) is 1. The lowest BCUT2D eigenvalue weighted by Crippen LogP contribution is -2.42. The summed E-state index contributed by atoms with van der Waals surface area (Å²) in [4.78, 5) is 16.6. The molecule has 9 heteroatoms. The Balaban J connectivity index is 1.94. The van der Waals surface area contributed by atoms with Crippen LogP contribution in [0.4, 0.5) is 13.2 Å². The van der Waals surface area contributed by atoms with Gasteiger partial charge in [0.2, 0.25) is 0 Å². The average Bonchev–Trinajstić information content (AvgIpc) is 3.13. The predicted octanol–water partition coefficient (Wildman–Crippen LogP) is 7.14. The van der Waals surface area contributed by atoms with Crippen LogP contribution in [0.15, 0.2) is 41.6 Å². The van der Waals surface area contributed by atoms with E-state index in [2.05, 4.69) is 5.16 Å². The lowest BCUT2D eigenvalue weighted by atomic mass is 9.86. The lowest BCUT2D eigenvalue weighted by molar-refractivity contribution is -0.275. The second kappa shape index (κ2) is 8.77. The zero-order chi connectivity index (χ0) is 22.1. The van der Waals surface area contributed by atoms with Gasteiger partial charge in [-0.1, -0.05) is 52.9 Å².